The number of hydrogen-bond donors (Lipinski definition) is 1. The molecular formula is C29H27FN2O7S. The van der Waals surface area contributed by atoms with Gasteiger partial charge < -0.3 is 19.2 Å². The molecule has 11 heteroatoms. The lowest BCUT2D eigenvalue weighted by atomic mass is 10.1. The summed E-state index contributed by atoms with van der Waals surface area (Å²) >= 11 is 0. The van der Waals surface area contributed by atoms with Gasteiger partial charge in [0.15, 0.2) is 0 Å². The Labute approximate surface area is 230 Å². The molecule has 5 rings (SSSR count). The van der Waals surface area contributed by atoms with Gasteiger partial charge in [-0.2, -0.15) is 4.31 Å². The number of rotatable bonds is 9. The molecule has 1 saturated heterocycles. The number of amides is 1. The van der Waals surface area contributed by atoms with Crippen LogP contribution in [0.4, 0.5) is 4.39 Å². The molecule has 9 nitrogen and oxygen atoms in total. The highest BCUT2D eigenvalue weighted by Crippen LogP contribution is 2.31. The van der Waals surface area contributed by atoms with E-state index in [2.05, 4.69) is 5.32 Å². The molecule has 0 bridgehead atoms. The van der Waals surface area contributed by atoms with E-state index in [9.17, 15) is 22.4 Å². The Morgan fingerprint density at radius 3 is 2.65 bits per heavy atom. The van der Waals surface area contributed by atoms with E-state index in [0.29, 0.717) is 35.1 Å². The van der Waals surface area contributed by atoms with Gasteiger partial charge in [0, 0.05) is 30.1 Å². The van der Waals surface area contributed by atoms with Gasteiger partial charge in [0.1, 0.15) is 23.2 Å². The first-order valence-electron chi connectivity index (χ1n) is 12.6. The SMILES string of the molecule is COC(=O)C(Oc1cccc(CNC(=O)[C@@H]2CCCN2S(=O)(=O)c2cc3cc(F)ccc3o2)c1)c1ccccc1. The van der Waals surface area contributed by atoms with Crippen LogP contribution in [0.3, 0.4) is 0 Å². The standard InChI is InChI=1S/C29H27FN2O7S/c1-37-29(34)27(20-8-3-2-4-9-20)38-23-10-5-7-19(15-23)18-31-28(33)24-11-6-14-32(24)40(35,36)26-17-21-16-22(30)12-13-25(21)39-26/h2-5,7-10,12-13,15-17,24,27H,6,11,14,18H2,1H3,(H,31,33)/t24-,27?/m0/s1. The highest BCUT2D eigenvalue weighted by Gasteiger charge is 2.41. The first kappa shape index (κ1) is 27.4. The smallest absolute Gasteiger partial charge is 0.351 e. The van der Waals surface area contributed by atoms with Crippen molar-refractivity contribution in [3.05, 3.63) is 95.8 Å². The third-order valence-electron chi connectivity index (χ3n) is 6.66. The second kappa shape index (κ2) is 11.5. The van der Waals surface area contributed by atoms with Crippen LogP contribution in [-0.2, 0) is 30.9 Å². The van der Waals surface area contributed by atoms with E-state index in [1.165, 1.54) is 31.4 Å². The quantitative estimate of drug-likeness (QED) is 0.300. The average Bonchev–Trinajstić information content (AvgIpc) is 3.63. The van der Waals surface area contributed by atoms with Crippen molar-refractivity contribution in [2.45, 2.75) is 36.6 Å². The van der Waals surface area contributed by atoms with Gasteiger partial charge in [-0.1, -0.05) is 42.5 Å². The van der Waals surface area contributed by atoms with Crippen LogP contribution in [0.25, 0.3) is 11.0 Å². The average molecular weight is 567 g/mol. The van der Waals surface area contributed by atoms with E-state index in [0.717, 1.165) is 4.31 Å². The highest BCUT2D eigenvalue weighted by molar-refractivity contribution is 7.89. The predicted molar refractivity (Wildman–Crippen MR) is 143 cm³/mol. The lowest BCUT2D eigenvalue weighted by Gasteiger charge is -2.22. The van der Waals surface area contributed by atoms with Gasteiger partial charge in [0.25, 0.3) is 10.0 Å². The molecule has 0 aliphatic carbocycles. The Hall–Kier alpha value is -4.22. The molecular weight excluding hydrogens is 539 g/mol. The first-order valence-corrected chi connectivity index (χ1v) is 14.1. The molecule has 40 heavy (non-hydrogen) atoms. The van der Waals surface area contributed by atoms with Crippen LogP contribution in [-0.4, -0.2) is 44.3 Å². The Balaban J connectivity index is 1.27. The molecule has 1 unspecified atom stereocenters. The van der Waals surface area contributed by atoms with Crippen molar-refractivity contribution in [2.24, 2.45) is 0 Å². The van der Waals surface area contributed by atoms with Gasteiger partial charge in [-0.15, -0.1) is 0 Å². The number of ether oxygens (including phenoxy) is 2. The molecule has 3 aromatic carbocycles. The maximum atomic E-state index is 13.6. The van der Waals surface area contributed by atoms with Gasteiger partial charge >= 0.3 is 5.97 Å². The second-order valence-electron chi connectivity index (χ2n) is 9.32. The summed E-state index contributed by atoms with van der Waals surface area (Å²) in [5.41, 5.74) is 1.56. The van der Waals surface area contributed by atoms with Gasteiger partial charge in [0.2, 0.25) is 17.1 Å². The van der Waals surface area contributed by atoms with E-state index in [1.807, 2.05) is 6.07 Å². The zero-order chi connectivity index (χ0) is 28.3. The molecule has 1 amide bonds. The summed E-state index contributed by atoms with van der Waals surface area (Å²) in [4.78, 5) is 25.5. The molecule has 1 fully saturated rings. The third kappa shape index (κ3) is 5.70. The molecule has 0 spiro atoms. The van der Waals surface area contributed by atoms with Crippen molar-refractivity contribution in [3.63, 3.8) is 0 Å². The lowest BCUT2D eigenvalue weighted by molar-refractivity contribution is -0.149. The summed E-state index contributed by atoms with van der Waals surface area (Å²) in [6, 6.07) is 19.9. The van der Waals surface area contributed by atoms with E-state index >= 15 is 0 Å². The number of carbonyl (C=O) groups excluding carboxylic acids is 2. The zero-order valence-electron chi connectivity index (χ0n) is 21.6. The zero-order valence-corrected chi connectivity index (χ0v) is 22.4. The minimum Gasteiger partial charge on any atom is -0.474 e. The maximum Gasteiger partial charge on any atom is 0.351 e. The second-order valence-corrected chi connectivity index (χ2v) is 11.1. The molecule has 0 saturated carbocycles. The number of benzene rings is 3. The number of carbonyl (C=O) groups is 2. The van der Waals surface area contributed by atoms with Crippen molar-refractivity contribution >= 4 is 32.9 Å². The summed E-state index contributed by atoms with van der Waals surface area (Å²) in [5.74, 6) is -1.11. The summed E-state index contributed by atoms with van der Waals surface area (Å²) in [5, 5.41) is 2.79. The van der Waals surface area contributed by atoms with Gasteiger partial charge in [-0.05, 0) is 48.7 Å². The number of nitrogens with zero attached hydrogens (tertiary/aromatic N) is 1. The van der Waals surface area contributed by atoms with Crippen LogP contribution in [0, 0.1) is 5.82 Å². The van der Waals surface area contributed by atoms with E-state index in [1.54, 1.807) is 48.5 Å². The fraction of sp³-hybridized carbons (Fsp3) is 0.241. The Morgan fingerprint density at radius 1 is 1.07 bits per heavy atom. The van der Waals surface area contributed by atoms with E-state index in [4.69, 9.17) is 13.9 Å². The summed E-state index contributed by atoms with van der Waals surface area (Å²) in [7, 11) is -2.84. The molecule has 1 aliphatic heterocycles. The lowest BCUT2D eigenvalue weighted by Crippen LogP contribution is -2.45. The molecule has 1 aromatic heterocycles. The van der Waals surface area contributed by atoms with Gasteiger partial charge in [0.05, 0.1) is 7.11 Å². The normalized spacial score (nSPS) is 16.5. The monoisotopic (exact) mass is 566 g/mol. The number of methoxy groups -OCH3 is 1. The number of nitrogens with one attached hydrogen (secondary N) is 1. The fourth-order valence-electron chi connectivity index (χ4n) is 4.68. The van der Waals surface area contributed by atoms with E-state index < -0.39 is 39.9 Å². The highest BCUT2D eigenvalue weighted by atomic mass is 32.2. The van der Waals surface area contributed by atoms with Gasteiger partial charge in [-0.3, -0.25) is 4.79 Å². The van der Waals surface area contributed by atoms with E-state index in [-0.39, 0.29) is 23.8 Å². The number of esters is 1. The number of fused-ring (bicyclic) bond motifs is 1. The number of sulfonamides is 1. The summed E-state index contributed by atoms with van der Waals surface area (Å²) < 4.78 is 57.7. The Bertz CT molecular complexity index is 1640. The summed E-state index contributed by atoms with van der Waals surface area (Å²) in [6.07, 6.45) is -0.117. The van der Waals surface area contributed by atoms with Crippen LogP contribution in [0.2, 0.25) is 0 Å². The van der Waals surface area contributed by atoms with Crippen LogP contribution in [0.5, 0.6) is 5.75 Å². The number of halogens is 1. The first-order chi connectivity index (χ1) is 19.3. The largest absolute Gasteiger partial charge is 0.474 e. The minimum atomic E-state index is -4.13. The molecule has 1 aliphatic rings. The fourth-order valence-corrected chi connectivity index (χ4v) is 6.29. The Kier molecular flexibility index (Phi) is 7.85. The van der Waals surface area contributed by atoms with Crippen molar-refractivity contribution in [3.8, 4) is 5.75 Å². The molecule has 4 aromatic rings. The van der Waals surface area contributed by atoms with Crippen molar-refractivity contribution in [1.29, 1.82) is 0 Å². The molecule has 208 valence electrons. The predicted octanol–water partition coefficient (Wildman–Crippen LogP) is 4.33. The topological polar surface area (TPSA) is 115 Å². The van der Waals surface area contributed by atoms with Crippen molar-refractivity contribution in [1.82, 2.24) is 9.62 Å². The van der Waals surface area contributed by atoms with Crippen LogP contribution >= 0.6 is 0 Å². The van der Waals surface area contributed by atoms with Crippen LogP contribution in [0.1, 0.15) is 30.1 Å². The van der Waals surface area contributed by atoms with Crippen molar-refractivity contribution in [2.75, 3.05) is 13.7 Å². The van der Waals surface area contributed by atoms with Gasteiger partial charge in [-0.25, -0.2) is 17.6 Å². The Morgan fingerprint density at radius 2 is 1.88 bits per heavy atom. The van der Waals surface area contributed by atoms with Crippen molar-refractivity contribution < 1.29 is 36.3 Å². The molecule has 2 heterocycles. The van der Waals surface area contributed by atoms with Crippen LogP contribution in [0.15, 0.2) is 88.4 Å². The summed E-state index contributed by atoms with van der Waals surface area (Å²) in [6.45, 7) is 0.266. The third-order valence-corrected chi connectivity index (χ3v) is 8.43. The maximum absolute atomic E-state index is 13.6. The molecule has 1 N–H and O–H groups in total. The molecule has 0 radical (unpaired) electrons. The molecule has 2 atom stereocenters. The minimum absolute atomic E-state index is 0.110. The number of hydrogen-bond acceptors (Lipinski definition) is 7. The number of furan rings is 1. The van der Waals surface area contributed by atoms with Crippen LogP contribution < -0.4 is 10.1 Å².